The highest BCUT2D eigenvalue weighted by Gasteiger charge is 2.42. The molecule has 2 amide bonds. The van der Waals surface area contributed by atoms with Crippen molar-refractivity contribution in [2.45, 2.75) is 38.2 Å². The predicted molar refractivity (Wildman–Crippen MR) is 105 cm³/mol. The zero-order chi connectivity index (χ0) is 19.9. The Labute approximate surface area is 164 Å². The highest BCUT2D eigenvalue weighted by atomic mass is 16.5. The summed E-state index contributed by atoms with van der Waals surface area (Å²) >= 11 is 0. The summed E-state index contributed by atoms with van der Waals surface area (Å²) in [6.07, 6.45) is 1.60. The van der Waals surface area contributed by atoms with Gasteiger partial charge in [0.2, 0.25) is 0 Å². The van der Waals surface area contributed by atoms with Gasteiger partial charge in [0.05, 0.1) is 24.3 Å². The maximum Gasteiger partial charge on any atom is 0.272 e. The van der Waals surface area contributed by atoms with Crippen LogP contribution in [0, 0.1) is 0 Å². The topological polar surface area (TPSA) is 76.5 Å². The first-order chi connectivity index (χ1) is 13.4. The van der Waals surface area contributed by atoms with E-state index in [9.17, 15) is 9.59 Å². The van der Waals surface area contributed by atoms with E-state index >= 15 is 0 Å². The lowest BCUT2D eigenvalue weighted by atomic mass is 9.92. The number of likely N-dealkylation sites (tertiary alicyclic amines) is 1. The van der Waals surface area contributed by atoms with Crippen LogP contribution >= 0.6 is 0 Å². The van der Waals surface area contributed by atoms with Crippen molar-refractivity contribution in [3.05, 3.63) is 47.3 Å². The van der Waals surface area contributed by atoms with Gasteiger partial charge in [-0.1, -0.05) is 26.0 Å². The van der Waals surface area contributed by atoms with Crippen LogP contribution in [0.3, 0.4) is 0 Å². The second-order valence-corrected chi connectivity index (χ2v) is 8.03. The molecule has 0 saturated carbocycles. The maximum absolute atomic E-state index is 13.2. The van der Waals surface area contributed by atoms with Crippen LogP contribution in [0.2, 0.25) is 0 Å². The van der Waals surface area contributed by atoms with E-state index in [1.165, 1.54) is 0 Å². The zero-order valence-corrected chi connectivity index (χ0v) is 16.6. The maximum atomic E-state index is 13.2. The molecule has 7 heteroatoms. The molecule has 1 N–H and O–H groups in total. The molecule has 2 aliphatic heterocycles. The van der Waals surface area contributed by atoms with E-state index in [0.29, 0.717) is 36.6 Å². The molecule has 1 aromatic carbocycles. The fourth-order valence-corrected chi connectivity index (χ4v) is 3.98. The first-order valence-electron chi connectivity index (χ1n) is 9.78. The summed E-state index contributed by atoms with van der Waals surface area (Å²) in [6, 6.07) is 9.14. The minimum Gasteiger partial charge on any atom is -0.483 e. The predicted octanol–water partition coefficient (Wildman–Crippen LogP) is 2.34. The molecule has 1 saturated heterocycles. The third-order valence-corrected chi connectivity index (χ3v) is 5.57. The van der Waals surface area contributed by atoms with Gasteiger partial charge in [-0.3, -0.25) is 14.3 Å². The molecule has 3 heterocycles. The van der Waals surface area contributed by atoms with Gasteiger partial charge < -0.3 is 15.0 Å². The van der Waals surface area contributed by atoms with Crippen LogP contribution < -0.4 is 10.1 Å². The Kier molecular flexibility index (Phi) is 4.61. The summed E-state index contributed by atoms with van der Waals surface area (Å²) in [6.45, 7) is 5.61. The van der Waals surface area contributed by atoms with Crippen LogP contribution in [0.15, 0.2) is 30.3 Å². The molecule has 2 aliphatic rings. The van der Waals surface area contributed by atoms with Gasteiger partial charge in [-0.25, -0.2) is 0 Å². The average molecular weight is 382 g/mol. The fraction of sp³-hybridized carbons (Fsp3) is 0.476. The van der Waals surface area contributed by atoms with Gasteiger partial charge >= 0.3 is 0 Å². The van der Waals surface area contributed by atoms with Gasteiger partial charge in [0.1, 0.15) is 17.0 Å². The number of amides is 2. The molecule has 1 unspecified atom stereocenters. The second-order valence-electron chi connectivity index (χ2n) is 8.03. The standard InChI is InChI=1S/C21H26N4O3/c1-14(2)16-11-17(24(3)23-16)20(27)25-10-6-9-21(13-25)12-22-19(26)15-7-4-5-8-18(15)28-21/h4-5,7-8,11,14H,6,9-10,12-13H2,1-3H3,(H,22,26). The van der Waals surface area contributed by atoms with E-state index in [1.807, 2.05) is 29.2 Å². The summed E-state index contributed by atoms with van der Waals surface area (Å²) in [5.41, 5.74) is 1.41. The third kappa shape index (κ3) is 3.25. The molecule has 1 atom stereocenters. The van der Waals surface area contributed by atoms with Crippen molar-refractivity contribution in [1.29, 1.82) is 0 Å². The normalized spacial score (nSPS) is 21.9. The molecule has 28 heavy (non-hydrogen) atoms. The van der Waals surface area contributed by atoms with Crippen LogP contribution in [0.4, 0.5) is 0 Å². The van der Waals surface area contributed by atoms with E-state index in [4.69, 9.17) is 4.74 Å². The minimum absolute atomic E-state index is 0.0477. The van der Waals surface area contributed by atoms with E-state index in [0.717, 1.165) is 18.5 Å². The molecule has 1 spiro atoms. The van der Waals surface area contributed by atoms with Crippen molar-refractivity contribution < 1.29 is 14.3 Å². The molecule has 1 fully saturated rings. The second kappa shape index (κ2) is 6.96. The lowest BCUT2D eigenvalue weighted by Gasteiger charge is -2.42. The number of fused-ring (bicyclic) bond motifs is 1. The Hall–Kier alpha value is -2.83. The van der Waals surface area contributed by atoms with Crippen LogP contribution in [0.5, 0.6) is 5.75 Å². The van der Waals surface area contributed by atoms with Crippen molar-refractivity contribution in [2.75, 3.05) is 19.6 Å². The van der Waals surface area contributed by atoms with Crippen molar-refractivity contribution in [3.8, 4) is 5.75 Å². The Morgan fingerprint density at radius 1 is 1.32 bits per heavy atom. The van der Waals surface area contributed by atoms with Crippen LogP contribution in [-0.2, 0) is 7.05 Å². The Balaban J connectivity index is 1.59. The van der Waals surface area contributed by atoms with Gasteiger partial charge in [-0.15, -0.1) is 0 Å². The van der Waals surface area contributed by atoms with Gasteiger partial charge in [0, 0.05) is 13.6 Å². The van der Waals surface area contributed by atoms with Crippen molar-refractivity contribution in [1.82, 2.24) is 20.0 Å². The van der Waals surface area contributed by atoms with Gasteiger partial charge in [-0.2, -0.15) is 5.10 Å². The number of para-hydroxylation sites is 1. The summed E-state index contributed by atoms with van der Waals surface area (Å²) < 4.78 is 8.00. The molecular weight excluding hydrogens is 356 g/mol. The Morgan fingerprint density at radius 3 is 2.86 bits per heavy atom. The SMILES string of the molecule is CC(C)c1cc(C(=O)N2CCCC3(CNC(=O)c4ccccc4O3)C2)n(C)n1. The quantitative estimate of drug-likeness (QED) is 0.865. The summed E-state index contributed by atoms with van der Waals surface area (Å²) in [5, 5.41) is 7.44. The molecule has 7 nitrogen and oxygen atoms in total. The number of rotatable bonds is 2. The van der Waals surface area contributed by atoms with Gasteiger partial charge in [-0.05, 0) is 37.0 Å². The number of nitrogens with one attached hydrogen (secondary N) is 1. The van der Waals surface area contributed by atoms with Gasteiger partial charge in [0.25, 0.3) is 11.8 Å². The lowest BCUT2D eigenvalue weighted by molar-refractivity contribution is -0.00128. The number of aromatic nitrogens is 2. The number of hydrogen-bond acceptors (Lipinski definition) is 4. The van der Waals surface area contributed by atoms with E-state index in [1.54, 1.807) is 17.8 Å². The van der Waals surface area contributed by atoms with E-state index in [2.05, 4.69) is 24.3 Å². The molecule has 1 aromatic heterocycles. The highest BCUT2D eigenvalue weighted by molar-refractivity contribution is 5.97. The number of aryl methyl sites for hydroxylation is 1. The van der Waals surface area contributed by atoms with Crippen LogP contribution in [0.1, 0.15) is 59.1 Å². The highest BCUT2D eigenvalue weighted by Crippen LogP contribution is 2.32. The summed E-state index contributed by atoms with van der Waals surface area (Å²) in [5.74, 6) is 0.657. The number of ether oxygens (including phenoxy) is 1. The van der Waals surface area contributed by atoms with Crippen molar-refractivity contribution in [2.24, 2.45) is 7.05 Å². The van der Waals surface area contributed by atoms with E-state index in [-0.39, 0.29) is 17.7 Å². The smallest absolute Gasteiger partial charge is 0.272 e. The molecule has 0 aliphatic carbocycles. The number of benzene rings is 1. The summed E-state index contributed by atoms with van der Waals surface area (Å²) in [4.78, 5) is 27.4. The largest absolute Gasteiger partial charge is 0.483 e. The summed E-state index contributed by atoms with van der Waals surface area (Å²) in [7, 11) is 1.80. The van der Waals surface area contributed by atoms with Crippen molar-refractivity contribution >= 4 is 11.8 Å². The molecule has 0 bridgehead atoms. The third-order valence-electron chi connectivity index (χ3n) is 5.57. The number of piperidine rings is 1. The average Bonchev–Trinajstić information content (AvgIpc) is 3.02. The van der Waals surface area contributed by atoms with Crippen molar-refractivity contribution in [3.63, 3.8) is 0 Å². The van der Waals surface area contributed by atoms with Crippen LogP contribution in [0.25, 0.3) is 0 Å². The molecule has 4 rings (SSSR count). The molecule has 148 valence electrons. The monoisotopic (exact) mass is 382 g/mol. The number of carbonyl (C=O) groups excluding carboxylic acids is 2. The first kappa shape index (κ1) is 18.5. The molecule has 2 aromatic rings. The first-order valence-corrected chi connectivity index (χ1v) is 9.78. The fourth-order valence-electron chi connectivity index (χ4n) is 3.98. The zero-order valence-electron chi connectivity index (χ0n) is 16.6. The molecule has 0 radical (unpaired) electrons. The Morgan fingerprint density at radius 2 is 2.11 bits per heavy atom. The minimum atomic E-state index is -0.615. The number of carbonyl (C=O) groups is 2. The van der Waals surface area contributed by atoms with E-state index < -0.39 is 5.60 Å². The van der Waals surface area contributed by atoms with Gasteiger partial charge in [0.15, 0.2) is 0 Å². The number of nitrogens with zero attached hydrogens (tertiary/aromatic N) is 3. The number of hydrogen-bond donors (Lipinski definition) is 1. The van der Waals surface area contributed by atoms with Crippen LogP contribution in [-0.4, -0.2) is 51.7 Å². The lowest BCUT2D eigenvalue weighted by Crippen LogP contribution is -2.58. The molecular formula is C21H26N4O3. The Bertz CT molecular complexity index is 920.